The number of rotatable bonds is 0. The van der Waals surface area contributed by atoms with Gasteiger partial charge in [0.2, 0.25) is 0 Å². The Bertz CT molecular complexity index is 450. The maximum absolute atomic E-state index is 11.0. The number of benzene rings is 1. The molecule has 1 aliphatic carbocycles. The molecule has 1 heterocycles. The monoisotopic (exact) mass is 187 g/mol. The maximum atomic E-state index is 11.0. The van der Waals surface area contributed by atoms with Gasteiger partial charge in [-0.05, 0) is 23.6 Å². The minimum atomic E-state index is -0.907. The molecule has 3 rings (SSSR count). The highest BCUT2D eigenvalue weighted by molar-refractivity contribution is 5.91. The van der Waals surface area contributed by atoms with E-state index in [2.05, 4.69) is 0 Å². The van der Waals surface area contributed by atoms with Crippen molar-refractivity contribution in [3.05, 3.63) is 41.6 Å². The first-order chi connectivity index (χ1) is 6.77. The predicted molar refractivity (Wildman–Crippen MR) is 52.4 cm³/mol. The highest BCUT2D eigenvalue weighted by atomic mass is 16.4. The molecule has 0 saturated heterocycles. The Morgan fingerprint density at radius 1 is 1.43 bits per heavy atom. The van der Waals surface area contributed by atoms with E-state index in [1.54, 1.807) is 6.20 Å². The van der Waals surface area contributed by atoms with Gasteiger partial charge in [0, 0.05) is 12.1 Å². The largest absolute Gasteiger partial charge is 0.464 e. The molecule has 1 N–H and O–H groups in total. The Morgan fingerprint density at radius 3 is 3.00 bits per heavy atom. The van der Waals surface area contributed by atoms with Crippen LogP contribution in [0, 0.1) is 0 Å². The van der Waals surface area contributed by atoms with Crippen molar-refractivity contribution in [3.63, 3.8) is 0 Å². The fourth-order valence-electron chi connectivity index (χ4n) is 2.02. The van der Waals surface area contributed by atoms with Gasteiger partial charge in [-0.3, -0.25) is 4.90 Å². The number of allylic oxidation sites excluding steroid dienone is 1. The van der Waals surface area contributed by atoms with Crippen LogP contribution in [0.2, 0.25) is 0 Å². The van der Waals surface area contributed by atoms with Gasteiger partial charge in [0.1, 0.15) is 0 Å². The van der Waals surface area contributed by atoms with E-state index < -0.39 is 6.09 Å². The van der Waals surface area contributed by atoms with E-state index in [9.17, 15) is 4.79 Å². The standard InChI is InChI=1S/C11H9NO2/c13-11(14)12-6-7-5-9(7)8-3-1-2-4-10(8)12/h1-4,6,9H,5H2,(H,13,14). The average Bonchev–Trinajstić information content (AvgIpc) is 2.95. The van der Waals surface area contributed by atoms with E-state index >= 15 is 0 Å². The summed E-state index contributed by atoms with van der Waals surface area (Å²) in [6.07, 6.45) is 1.85. The number of carboxylic acid groups (broad SMARTS) is 1. The lowest BCUT2D eigenvalue weighted by atomic mass is 10.1. The van der Waals surface area contributed by atoms with E-state index in [-0.39, 0.29) is 0 Å². The fraction of sp³-hybridized carbons (Fsp3) is 0.182. The summed E-state index contributed by atoms with van der Waals surface area (Å²) in [6, 6.07) is 7.70. The molecule has 1 fully saturated rings. The van der Waals surface area contributed by atoms with Crippen molar-refractivity contribution in [2.24, 2.45) is 0 Å². The van der Waals surface area contributed by atoms with Crippen LogP contribution in [0.3, 0.4) is 0 Å². The number of fused-ring (bicyclic) bond motifs is 3. The van der Waals surface area contributed by atoms with Gasteiger partial charge in [0.15, 0.2) is 0 Å². The third-order valence-electron chi connectivity index (χ3n) is 2.80. The lowest BCUT2D eigenvalue weighted by molar-refractivity contribution is 0.204. The summed E-state index contributed by atoms with van der Waals surface area (Å²) >= 11 is 0. The van der Waals surface area contributed by atoms with E-state index in [4.69, 9.17) is 5.11 Å². The van der Waals surface area contributed by atoms with E-state index in [1.807, 2.05) is 24.3 Å². The number of anilines is 1. The number of para-hydroxylation sites is 1. The van der Waals surface area contributed by atoms with Gasteiger partial charge >= 0.3 is 6.09 Å². The van der Waals surface area contributed by atoms with Crippen molar-refractivity contribution in [2.45, 2.75) is 12.3 Å². The highest BCUT2D eigenvalue weighted by Crippen LogP contribution is 2.53. The molecule has 1 atom stereocenters. The Balaban J connectivity index is 2.17. The van der Waals surface area contributed by atoms with Crippen LogP contribution in [0.4, 0.5) is 10.5 Å². The molecular formula is C11H9NO2. The summed E-state index contributed by atoms with van der Waals surface area (Å²) in [4.78, 5) is 12.3. The fourth-order valence-corrected chi connectivity index (χ4v) is 2.02. The van der Waals surface area contributed by atoms with E-state index in [1.165, 1.54) is 10.5 Å². The molecule has 1 saturated carbocycles. The number of hydrogen-bond acceptors (Lipinski definition) is 1. The number of hydrogen-bond donors (Lipinski definition) is 1. The van der Waals surface area contributed by atoms with Crippen LogP contribution in [0.15, 0.2) is 36.0 Å². The quantitative estimate of drug-likeness (QED) is 0.678. The second kappa shape index (κ2) is 2.38. The molecule has 0 bridgehead atoms. The van der Waals surface area contributed by atoms with Crippen molar-refractivity contribution in [3.8, 4) is 0 Å². The smallest absolute Gasteiger partial charge is 0.415 e. The van der Waals surface area contributed by atoms with Crippen LogP contribution in [-0.2, 0) is 0 Å². The predicted octanol–water partition coefficient (Wildman–Crippen LogP) is 2.56. The Labute approximate surface area is 81.3 Å². The molecule has 1 aromatic carbocycles. The molecule has 3 heteroatoms. The van der Waals surface area contributed by atoms with Gasteiger partial charge in [0.05, 0.1) is 5.69 Å². The first-order valence-electron chi connectivity index (χ1n) is 4.59. The summed E-state index contributed by atoms with van der Waals surface area (Å²) in [5, 5.41) is 9.00. The third kappa shape index (κ3) is 0.894. The molecule has 0 radical (unpaired) electrons. The van der Waals surface area contributed by atoms with E-state index in [0.717, 1.165) is 17.7 Å². The minimum Gasteiger partial charge on any atom is -0.464 e. The number of nitrogens with zero attached hydrogens (tertiary/aromatic N) is 1. The van der Waals surface area contributed by atoms with Crippen LogP contribution in [0.5, 0.6) is 0 Å². The van der Waals surface area contributed by atoms with Gasteiger partial charge in [-0.15, -0.1) is 0 Å². The number of carbonyl (C=O) groups is 1. The van der Waals surface area contributed by atoms with Gasteiger partial charge in [-0.2, -0.15) is 0 Å². The minimum absolute atomic E-state index is 0.488. The Hall–Kier alpha value is -1.77. The van der Waals surface area contributed by atoms with Gasteiger partial charge in [-0.25, -0.2) is 4.79 Å². The summed E-state index contributed by atoms with van der Waals surface area (Å²) in [6.45, 7) is 0. The second-order valence-electron chi connectivity index (χ2n) is 3.67. The van der Waals surface area contributed by atoms with Crippen molar-refractivity contribution < 1.29 is 9.90 Å². The maximum Gasteiger partial charge on any atom is 0.415 e. The molecule has 2 aliphatic rings. The summed E-state index contributed by atoms with van der Waals surface area (Å²) < 4.78 is 0. The molecular weight excluding hydrogens is 178 g/mol. The lowest BCUT2D eigenvalue weighted by Crippen LogP contribution is -2.25. The van der Waals surface area contributed by atoms with Crippen LogP contribution in [0.25, 0.3) is 0 Å². The normalized spacial score (nSPS) is 22.1. The van der Waals surface area contributed by atoms with Gasteiger partial charge in [0.25, 0.3) is 0 Å². The van der Waals surface area contributed by atoms with Crippen LogP contribution >= 0.6 is 0 Å². The lowest BCUT2D eigenvalue weighted by Gasteiger charge is -2.21. The van der Waals surface area contributed by atoms with Crippen molar-refractivity contribution in [2.75, 3.05) is 4.90 Å². The van der Waals surface area contributed by atoms with Crippen LogP contribution in [0.1, 0.15) is 17.9 Å². The molecule has 14 heavy (non-hydrogen) atoms. The zero-order chi connectivity index (χ0) is 9.71. The highest BCUT2D eigenvalue weighted by Gasteiger charge is 2.39. The first kappa shape index (κ1) is 7.62. The molecule has 1 unspecified atom stereocenters. The summed E-state index contributed by atoms with van der Waals surface area (Å²) in [5.41, 5.74) is 3.18. The second-order valence-corrected chi connectivity index (χ2v) is 3.67. The van der Waals surface area contributed by atoms with Gasteiger partial charge in [-0.1, -0.05) is 18.2 Å². The topological polar surface area (TPSA) is 40.5 Å². The molecule has 1 aromatic rings. The van der Waals surface area contributed by atoms with Crippen molar-refractivity contribution >= 4 is 11.8 Å². The summed E-state index contributed by atoms with van der Waals surface area (Å²) in [7, 11) is 0. The average molecular weight is 187 g/mol. The SMILES string of the molecule is O=C(O)N1C=C2CC2c2ccccc21. The molecule has 1 aliphatic heterocycles. The summed E-state index contributed by atoms with van der Waals surface area (Å²) in [5.74, 6) is 0.488. The zero-order valence-electron chi connectivity index (χ0n) is 7.47. The van der Waals surface area contributed by atoms with Crippen LogP contribution < -0.4 is 4.90 Å². The van der Waals surface area contributed by atoms with Crippen molar-refractivity contribution in [1.29, 1.82) is 0 Å². The zero-order valence-corrected chi connectivity index (χ0v) is 7.47. The van der Waals surface area contributed by atoms with Crippen LogP contribution in [-0.4, -0.2) is 11.2 Å². The Morgan fingerprint density at radius 2 is 2.21 bits per heavy atom. The van der Waals surface area contributed by atoms with E-state index in [0.29, 0.717) is 5.92 Å². The molecule has 3 nitrogen and oxygen atoms in total. The van der Waals surface area contributed by atoms with Crippen molar-refractivity contribution in [1.82, 2.24) is 0 Å². The molecule has 0 aromatic heterocycles. The molecule has 0 spiro atoms. The first-order valence-corrected chi connectivity index (χ1v) is 4.59. The number of amides is 1. The molecule has 1 amide bonds. The Kier molecular flexibility index (Phi) is 1.29. The molecule has 70 valence electrons. The van der Waals surface area contributed by atoms with Gasteiger partial charge < -0.3 is 5.11 Å². The third-order valence-corrected chi connectivity index (χ3v) is 2.80.